The molecular weight excluding hydrogens is 977 g/mol. The van der Waals surface area contributed by atoms with Crippen molar-refractivity contribution >= 4 is 45.1 Å². The van der Waals surface area contributed by atoms with Gasteiger partial charge in [-0.15, -0.1) is 0 Å². The topological polar surface area (TPSA) is 195 Å². The van der Waals surface area contributed by atoms with Crippen molar-refractivity contribution in [3.05, 3.63) is 121 Å². The Morgan fingerprint density at radius 2 is 0.821 bits per heavy atom. The summed E-state index contributed by atoms with van der Waals surface area (Å²) in [4.78, 5) is 28.2. The van der Waals surface area contributed by atoms with Gasteiger partial charge in [-0.1, -0.05) is 60.7 Å². The van der Waals surface area contributed by atoms with Crippen LogP contribution in [0.5, 0.6) is 11.5 Å². The lowest BCUT2D eigenvalue weighted by molar-refractivity contribution is 0.0815. The molecule has 8 heterocycles. The number of nitrogens with two attached hydrogens (primary N) is 2. The number of aromatic nitrogens is 8. The molecular formula is C60H72N16O2. The van der Waals surface area contributed by atoms with E-state index in [-0.39, 0.29) is 12.1 Å². The molecule has 18 heteroatoms. The van der Waals surface area contributed by atoms with E-state index in [1.165, 1.54) is 89.2 Å². The minimum Gasteiger partial charge on any atom is -0.491 e. The first-order chi connectivity index (χ1) is 38.3. The monoisotopic (exact) mass is 1050 g/mol. The van der Waals surface area contributed by atoms with Crippen LogP contribution >= 0.6 is 0 Å². The van der Waals surface area contributed by atoms with E-state index in [4.69, 9.17) is 31.1 Å². The number of rotatable bonds is 10. The number of nitrogens with one attached hydrogen (secondary N) is 2. The standard InChI is InChI=1S/2C30H36N8O/c2*1-36-14-16-37(17-15-36)22-10-12-23(13-11-22)38-30-27(29(31)32-19-33-30)28(35-38)20-6-8-21(9-7-20)34-25-18-39-26-5-3-2-4-24(25)26/h2*2-9,19,22-23,25,34H,10-18H2,1H3,(H2,31,32,33). The fourth-order valence-electron chi connectivity index (χ4n) is 13.0. The van der Waals surface area contributed by atoms with E-state index in [0.29, 0.717) is 49.0 Å². The molecule has 4 aliphatic heterocycles. The van der Waals surface area contributed by atoms with E-state index in [9.17, 15) is 0 Å². The van der Waals surface area contributed by atoms with Gasteiger partial charge in [0, 0.05) is 98.1 Å². The molecule has 8 aromatic rings. The maximum atomic E-state index is 6.41. The van der Waals surface area contributed by atoms with E-state index in [2.05, 4.69) is 146 Å². The van der Waals surface area contributed by atoms with Crippen molar-refractivity contribution in [2.24, 2.45) is 0 Å². The first-order valence-corrected chi connectivity index (χ1v) is 28.3. The molecule has 2 saturated heterocycles. The summed E-state index contributed by atoms with van der Waals surface area (Å²) in [6.07, 6.45) is 12.3. The maximum absolute atomic E-state index is 6.41. The van der Waals surface area contributed by atoms with Gasteiger partial charge >= 0.3 is 0 Å². The van der Waals surface area contributed by atoms with Gasteiger partial charge in [-0.05, 0) is 102 Å². The normalized spacial score (nSPS) is 24.0. The zero-order valence-electron chi connectivity index (χ0n) is 44.9. The molecule has 2 unspecified atom stereocenters. The van der Waals surface area contributed by atoms with Crippen LogP contribution in [-0.2, 0) is 0 Å². The van der Waals surface area contributed by atoms with E-state index < -0.39 is 0 Å². The molecule has 4 aromatic carbocycles. The second-order valence-corrected chi connectivity index (χ2v) is 22.4. The number of nitrogens with zero attached hydrogens (tertiary/aromatic N) is 12. The molecule has 78 heavy (non-hydrogen) atoms. The van der Waals surface area contributed by atoms with Crippen LogP contribution in [-0.4, -0.2) is 151 Å². The maximum Gasteiger partial charge on any atom is 0.164 e. The van der Waals surface area contributed by atoms with Gasteiger partial charge in [0.1, 0.15) is 60.4 Å². The Bertz CT molecular complexity index is 3130. The first-order valence-electron chi connectivity index (χ1n) is 28.3. The van der Waals surface area contributed by atoms with Crippen LogP contribution in [0.2, 0.25) is 0 Å². The minimum absolute atomic E-state index is 0.136. The lowest BCUT2D eigenvalue weighted by Gasteiger charge is -2.41. The second-order valence-electron chi connectivity index (χ2n) is 22.4. The van der Waals surface area contributed by atoms with Gasteiger partial charge in [0.15, 0.2) is 11.3 Å². The van der Waals surface area contributed by atoms with Gasteiger partial charge in [0.2, 0.25) is 0 Å². The molecule has 0 radical (unpaired) electrons. The van der Waals surface area contributed by atoms with Crippen molar-refractivity contribution in [2.45, 2.75) is 87.6 Å². The summed E-state index contributed by atoms with van der Waals surface area (Å²) >= 11 is 0. The highest BCUT2D eigenvalue weighted by atomic mass is 16.5. The van der Waals surface area contributed by atoms with E-state index in [1.807, 2.05) is 24.3 Å². The molecule has 0 bridgehead atoms. The average molecular weight is 1050 g/mol. The van der Waals surface area contributed by atoms with Gasteiger partial charge in [0.05, 0.1) is 34.9 Å². The summed E-state index contributed by atoms with van der Waals surface area (Å²) < 4.78 is 15.9. The number of anilines is 4. The summed E-state index contributed by atoms with van der Waals surface area (Å²) in [7, 11) is 4.44. The zero-order valence-corrected chi connectivity index (χ0v) is 44.9. The van der Waals surface area contributed by atoms with Crippen LogP contribution < -0.4 is 31.6 Å². The molecule has 6 N–H and O–H groups in total. The molecule has 2 aliphatic carbocycles. The lowest BCUT2D eigenvalue weighted by atomic mass is 9.90. The SMILES string of the molecule is CN1CCN(C2CCC(n3nc(-c4ccc(NC5COc6ccccc65)cc4)c4c(N)ncnc43)CC2)CC1.CN1CCN(C2CCC(n3nc(-c4ccc(NC5COc6ccccc65)cc4)c4c(N)ncnc43)CC2)CC1. The molecule has 2 atom stereocenters. The number of benzene rings is 4. The molecule has 404 valence electrons. The number of fused-ring (bicyclic) bond motifs is 4. The third-order valence-electron chi connectivity index (χ3n) is 17.6. The van der Waals surface area contributed by atoms with Gasteiger partial charge in [0.25, 0.3) is 0 Å². The Morgan fingerprint density at radius 1 is 0.449 bits per heavy atom. The Balaban J connectivity index is 0.000000148. The zero-order chi connectivity index (χ0) is 52.7. The fraction of sp³-hybridized carbons (Fsp3) is 0.433. The van der Waals surface area contributed by atoms with Gasteiger partial charge < -0.3 is 41.4 Å². The van der Waals surface area contributed by atoms with Crippen LogP contribution in [0, 0.1) is 0 Å². The first kappa shape index (κ1) is 50.1. The minimum atomic E-state index is 0.136. The Kier molecular flexibility index (Phi) is 14.0. The fourth-order valence-corrected chi connectivity index (χ4v) is 13.0. The van der Waals surface area contributed by atoms with Gasteiger partial charge in [-0.25, -0.2) is 29.3 Å². The third kappa shape index (κ3) is 10.1. The molecule has 2 saturated carbocycles. The summed E-state index contributed by atoms with van der Waals surface area (Å²) in [6, 6.07) is 35.5. The molecule has 4 aromatic heterocycles. The quantitative estimate of drug-likeness (QED) is 0.101. The number of ether oxygens (including phenoxy) is 2. The van der Waals surface area contributed by atoms with Gasteiger partial charge in [-0.3, -0.25) is 9.80 Å². The highest BCUT2D eigenvalue weighted by molar-refractivity contribution is 5.99. The van der Waals surface area contributed by atoms with Crippen molar-refractivity contribution in [1.29, 1.82) is 0 Å². The van der Waals surface area contributed by atoms with Crippen molar-refractivity contribution in [3.8, 4) is 34.0 Å². The number of para-hydroxylation sites is 2. The molecule has 0 amide bonds. The summed E-state index contributed by atoms with van der Waals surface area (Å²) in [5.74, 6) is 2.87. The van der Waals surface area contributed by atoms with Crippen LogP contribution in [0.4, 0.5) is 23.0 Å². The highest BCUT2D eigenvalue weighted by Gasteiger charge is 2.33. The predicted octanol–water partition coefficient (Wildman–Crippen LogP) is 8.70. The number of hydrogen-bond acceptors (Lipinski definition) is 16. The summed E-state index contributed by atoms with van der Waals surface area (Å²) in [5, 5.41) is 19.2. The molecule has 18 nitrogen and oxygen atoms in total. The Labute approximate surface area is 456 Å². The van der Waals surface area contributed by atoms with Gasteiger partial charge in [-0.2, -0.15) is 10.2 Å². The lowest BCUT2D eigenvalue weighted by Crippen LogP contribution is -2.49. The van der Waals surface area contributed by atoms with Crippen molar-refractivity contribution in [1.82, 2.24) is 59.1 Å². The van der Waals surface area contributed by atoms with E-state index in [1.54, 1.807) is 12.7 Å². The third-order valence-corrected chi connectivity index (χ3v) is 17.6. The van der Waals surface area contributed by atoms with Crippen molar-refractivity contribution in [3.63, 3.8) is 0 Å². The van der Waals surface area contributed by atoms with E-state index in [0.717, 1.165) is 93.1 Å². The Hall–Kier alpha value is -7.38. The van der Waals surface area contributed by atoms with Crippen LogP contribution in [0.15, 0.2) is 110 Å². The predicted molar refractivity (Wildman–Crippen MR) is 308 cm³/mol. The summed E-state index contributed by atoms with van der Waals surface area (Å²) in [5.41, 5.74) is 22.7. The largest absolute Gasteiger partial charge is 0.491 e. The molecule has 14 rings (SSSR count). The van der Waals surface area contributed by atoms with Crippen molar-refractivity contribution in [2.75, 3.05) is 102 Å². The average Bonchev–Trinajstić information content (AvgIpc) is 4.29. The molecule has 4 fully saturated rings. The van der Waals surface area contributed by atoms with Crippen LogP contribution in [0.25, 0.3) is 44.6 Å². The number of nitrogen functional groups attached to an aromatic ring is 2. The number of hydrogen-bond donors (Lipinski definition) is 4. The molecule has 0 spiro atoms. The van der Waals surface area contributed by atoms with Crippen LogP contribution in [0.1, 0.15) is 86.7 Å². The second kappa shape index (κ2) is 21.8. The number of piperazine rings is 2. The molecule has 6 aliphatic rings. The highest BCUT2D eigenvalue weighted by Crippen LogP contribution is 2.41. The van der Waals surface area contributed by atoms with Crippen LogP contribution in [0.3, 0.4) is 0 Å². The smallest absolute Gasteiger partial charge is 0.164 e. The van der Waals surface area contributed by atoms with Crippen molar-refractivity contribution < 1.29 is 9.47 Å². The number of likely N-dealkylation sites (N-methyl/N-ethyl adjacent to an activating group) is 2. The summed E-state index contributed by atoms with van der Waals surface area (Å²) in [6.45, 7) is 10.6. The Morgan fingerprint density at radius 3 is 1.22 bits per heavy atom. The van der Waals surface area contributed by atoms with E-state index >= 15 is 0 Å².